The van der Waals surface area contributed by atoms with Crippen molar-refractivity contribution in [2.24, 2.45) is 0 Å². The van der Waals surface area contributed by atoms with E-state index in [1.165, 1.54) is 43.6 Å². The number of carbonyl (C=O) groups excluding carboxylic acids is 2. The van der Waals surface area contributed by atoms with Crippen molar-refractivity contribution in [3.05, 3.63) is 53.5 Å². The van der Waals surface area contributed by atoms with E-state index in [1.54, 1.807) is 6.92 Å². The molecule has 0 saturated heterocycles. The fourth-order valence-corrected chi connectivity index (χ4v) is 1.89. The van der Waals surface area contributed by atoms with E-state index in [2.05, 4.69) is 4.98 Å². The van der Waals surface area contributed by atoms with E-state index in [-0.39, 0.29) is 17.7 Å². The van der Waals surface area contributed by atoms with Crippen LogP contribution < -0.4 is 0 Å². The second-order valence-corrected chi connectivity index (χ2v) is 4.34. The number of ether oxygens (including phenoxy) is 2. The molecule has 0 aliphatic heterocycles. The standard InChI is InChI=1S/C16H14FNO4/c1-3-22-15(19)11-8-13(16(20)21-2)14(18-9-11)10-4-6-12(17)7-5-10/h4-9H,3H2,1-2H3. The van der Waals surface area contributed by atoms with Gasteiger partial charge in [-0.2, -0.15) is 0 Å². The van der Waals surface area contributed by atoms with Crippen LogP contribution in [0.1, 0.15) is 27.6 Å². The molecule has 2 rings (SSSR count). The molecule has 1 aromatic carbocycles. The first-order valence-electron chi connectivity index (χ1n) is 6.58. The predicted molar refractivity (Wildman–Crippen MR) is 76.9 cm³/mol. The number of esters is 2. The average molecular weight is 303 g/mol. The normalized spacial score (nSPS) is 10.1. The highest BCUT2D eigenvalue weighted by atomic mass is 19.1. The van der Waals surface area contributed by atoms with Crippen molar-refractivity contribution in [1.82, 2.24) is 4.98 Å². The van der Waals surface area contributed by atoms with Crippen molar-refractivity contribution in [3.8, 4) is 11.3 Å². The monoisotopic (exact) mass is 303 g/mol. The summed E-state index contributed by atoms with van der Waals surface area (Å²) in [4.78, 5) is 27.8. The number of nitrogens with zero attached hydrogens (tertiary/aromatic N) is 1. The second-order valence-electron chi connectivity index (χ2n) is 4.34. The Morgan fingerprint density at radius 2 is 1.86 bits per heavy atom. The van der Waals surface area contributed by atoms with Gasteiger partial charge in [-0.1, -0.05) is 0 Å². The topological polar surface area (TPSA) is 65.5 Å². The van der Waals surface area contributed by atoms with E-state index in [9.17, 15) is 14.0 Å². The summed E-state index contributed by atoms with van der Waals surface area (Å²) >= 11 is 0. The van der Waals surface area contributed by atoms with Crippen LogP contribution in [-0.2, 0) is 9.47 Å². The quantitative estimate of drug-likeness (QED) is 0.813. The highest BCUT2D eigenvalue weighted by molar-refractivity contribution is 5.99. The summed E-state index contributed by atoms with van der Waals surface area (Å²) < 4.78 is 22.6. The van der Waals surface area contributed by atoms with Crippen LogP contribution in [0.25, 0.3) is 11.3 Å². The molecule has 0 fully saturated rings. The van der Waals surface area contributed by atoms with Crippen LogP contribution in [0.4, 0.5) is 4.39 Å². The summed E-state index contributed by atoms with van der Waals surface area (Å²) in [6.45, 7) is 1.89. The summed E-state index contributed by atoms with van der Waals surface area (Å²) in [6, 6.07) is 6.87. The molecule has 0 aliphatic carbocycles. The highest BCUT2D eigenvalue weighted by Gasteiger charge is 2.18. The van der Waals surface area contributed by atoms with Crippen LogP contribution in [-0.4, -0.2) is 30.6 Å². The van der Waals surface area contributed by atoms with Crippen LogP contribution in [0.3, 0.4) is 0 Å². The highest BCUT2D eigenvalue weighted by Crippen LogP contribution is 2.23. The number of halogens is 1. The Hall–Kier alpha value is -2.76. The summed E-state index contributed by atoms with van der Waals surface area (Å²) in [5.41, 5.74) is 1.10. The predicted octanol–water partition coefficient (Wildman–Crippen LogP) is 2.85. The Balaban J connectivity index is 2.51. The van der Waals surface area contributed by atoms with Gasteiger partial charge in [-0.05, 0) is 37.3 Å². The van der Waals surface area contributed by atoms with Crippen LogP contribution >= 0.6 is 0 Å². The van der Waals surface area contributed by atoms with Gasteiger partial charge in [0.05, 0.1) is 30.5 Å². The van der Waals surface area contributed by atoms with Crippen molar-refractivity contribution in [1.29, 1.82) is 0 Å². The molecular weight excluding hydrogens is 289 g/mol. The zero-order chi connectivity index (χ0) is 16.1. The summed E-state index contributed by atoms with van der Waals surface area (Å²) in [5.74, 6) is -1.62. The van der Waals surface area contributed by atoms with E-state index < -0.39 is 17.8 Å². The van der Waals surface area contributed by atoms with Crippen LogP contribution in [0, 0.1) is 5.82 Å². The molecule has 0 spiro atoms. The van der Waals surface area contributed by atoms with Gasteiger partial charge in [0.2, 0.25) is 0 Å². The number of pyridine rings is 1. The van der Waals surface area contributed by atoms with Gasteiger partial charge in [0.1, 0.15) is 5.82 Å². The molecular formula is C16H14FNO4. The van der Waals surface area contributed by atoms with Gasteiger partial charge in [-0.3, -0.25) is 4.98 Å². The Labute approximate surface area is 126 Å². The smallest absolute Gasteiger partial charge is 0.340 e. The van der Waals surface area contributed by atoms with E-state index in [4.69, 9.17) is 9.47 Å². The molecule has 6 heteroatoms. The van der Waals surface area contributed by atoms with Gasteiger partial charge in [-0.25, -0.2) is 14.0 Å². The molecule has 0 saturated carbocycles. The molecule has 0 N–H and O–H groups in total. The number of methoxy groups -OCH3 is 1. The van der Waals surface area contributed by atoms with E-state index >= 15 is 0 Å². The zero-order valence-electron chi connectivity index (χ0n) is 12.1. The first kappa shape index (κ1) is 15.6. The maximum Gasteiger partial charge on any atom is 0.340 e. The lowest BCUT2D eigenvalue weighted by Crippen LogP contribution is -2.10. The van der Waals surface area contributed by atoms with Gasteiger partial charge >= 0.3 is 11.9 Å². The van der Waals surface area contributed by atoms with Gasteiger partial charge in [-0.15, -0.1) is 0 Å². The van der Waals surface area contributed by atoms with Crippen LogP contribution in [0.2, 0.25) is 0 Å². The van der Waals surface area contributed by atoms with E-state index in [1.807, 2.05) is 0 Å². The lowest BCUT2D eigenvalue weighted by atomic mass is 10.0. The van der Waals surface area contributed by atoms with Crippen molar-refractivity contribution < 1.29 is 23.5 Å². The fourth-order valence-electron chi connectivity index (χ4n) is 1.89. The first-order valence-corrected chi connectivity index (χ1v) is 6.58. The summed E-state index contributed by atoms with van der Waals surface area (Å²) in [5, 5.41) is 0. The fraction of sp³-hybridized carbons (Fsp3) is 0.188. The van der Waals surface area contributed by atoms with E-state index in [0.29, 0.717) is 11.3 Å². The summed E-state index contributed by atoms with van der Waals surface area (Å²) in [6.07, 6.45) is 1.31. The largest absolute Gasteiger partial charge is 0.465 e. The molecule has 0 amide bonds. The number of hydrogen-bond donors (Lipinski definition) is 0. The average Bonchev–Trinajstić information content (AvgIpc) is 2.54. The molecule has 0 unspecified atom stereocenters. The molecule has 1 heterocycles. The van der Waals surface area contributed by atoms with Crippen LogP contribution in [0.5, 0.6) is 0 Å². The van der Waals surface area contributed by atoms with Crippen molar-refractivity contribution >= 4 is 11.9 Å². The summed E-state index contributed by atoms with van der Waals surface area (Å²) in [7, 11) is 1.23. The third-order valence-corrected chi connectivity index (χ3v) is 2.92. The number of hydrogen-bond acceptors (Lipinski definition) is 5. The minimum Gasteiger partial charge on any atom is -0.465 e. The molecule has 0 radical (unpaired) electrons. The Morgan fingerprint density at radius 1 is 1.18 bits per heavy atom. The minimum absolute atomic E-state index is 0.111. The second kappa shape index (κ2) is 6.80. The maximum absolute atomic E-state index is 13.0. The van der Waals surface area contributed by atoms with Crippen molar-refractivity contribution in [2.45, 2.75) is 6.92 Å². The number of carbonyl (C=O) groups is 2. The SMILES string of the molecule is CCOC(=O)c1cnc(-c2ccc(F)cc2)c(C(=O)OC)c1. The first-order chi connectivity index (χ1) is 10.6. The van der Waals surface area contributed by atoms with Crippen molar-refractivity contribution in [3.63, 3.8) is 0 Å². The van der Waals surface area contributed by atoms with Gasteiger partial charge in [0, 0.05) is 11.8 Å². The molecule has 114 valence electrons. The molecule has 22 heavy (non-hydrogen) atoms. The van der Waals surface area contributed by atoms with Crippen molar-refractivity contribution in [2.75, 3.05) is 13.7 Å². The number of rotatable bonds is 4. The van der Waals surface area contributed by atoms with Gasteiger partial charge in [0.15, 0.2) is 0 Å². The Kier molecular flexibility index (Phi) is 4.83. The molecule has 5 nitrogen and oxygen atoms in total. The van der Waals surface area contributed by atoms with E-state index in [0.717, 1.165) is 0 Å². The lowest BCUT2D eigenvalue weighted by Gasteiger charge is -2.09. The zero-order valence-corrected chi connectivity index (χ0v) is 12.1. The Bertz CT molecular complexity index is 698. The molecule has 0 bridgehead atoms. The van der Waals surface area contributed by atoms with Gasteiger partial charge in [0.25, 0.3) is 0 Å². The minimum atomic E-state index is -0.641. The molecule has 0 aliphatic rings. The number of aromatic nitrogens is 1. The van der Waals surface area contributed by atoms with Crippen LogP contribution in [0.15, 0.2) is 36.5 Å². The Morgan fingerprint density at radius 3 is 2.45 bits per heavy atom. The molecule has 2 aromatic rings. The third kappa shape index (κ3) is 3.28. The number of benzene rings is 1. The van der Waals surface area contributed by atoms with Gasteiger partial charge < -0.3 is 9.47 Å². The third-order valence-electron chi connectivity index (χ3n) is 2.92. The molecule has 0 atom stereocenters. The molecule has 1 aromatic heterocycles. The lowest BCUT2D eigenvalue weighted by molar-refractivity contribution is 0.0526. The maximum atomic E-state index is 13.0.